The van der Waals surface area contributed by atoms with Crippen molar-refractivity contribution in [2.75, 3.05) is 4.90 Å². The van der Waals surface area contributed by atoms with E-state index in [1.54, 1.807) is 6.07 Å². The van der Waals surface area contributed by atoms with Crippen molar-refractivity contribution >= 4 is 23.6 Å². The topological polar surface area (TPSA) is 20.3 Å². The smallest absolute Gasteiger partial charge is 0.152 e. The average molecular weight is 288 g/mol. The lowest BCUT2D eigenvalue weighted by molar-refractivity contribution is 0.112. The summed E-state index contributed by atoms with van der Waals surface area (Å²) in [5, 5.41) is 0.583. The molecule has 2 rings (SSSR count). The normalized spacial score (nSPS) is 10.6. The molecule has 0 N–H and O–H groups in total. The summed E-state index contributed by atoms with van der Waals surface area (Å²) >= 11 is 5.96. The van der Waals surface area contributed by atoms with Crippen LogP contribution in [-0.4, -0.2) is 12.3 Å². The number of anilines is 1. The predicted molar refractivity (Wildman–Crippen MR) is 84.6 cm³/mol. The van der Waals surface area contributed by atoms with Crippen molar-refractivity contribution < 1.29 is 4.79 Å². The molecule has 0 aliphatic heterocycles. The minimum atomic E-state index is 0.287. The van der Waals surface area contributed by atoms with Gasteiger partial charge in [-0.05, 0) is 37.6 Å². The molecule has 0 aliphatic carbocycles. The summed E-state index contributed by atoms with van der Waals surface area (Å²) in [5.74, 6) is 0. The zero-order chi connectivity index (χ0) is 14.5. The van der Waals surface area contributed by atoms with Crippen LogP contribution in [0.1, 0.15) is 29.8 Å². The minimum Gasteiger partial charge on any atom is -0.364 e. The first-order chi connectivity index (χ1) is 9.61. The number of aldehydes is 1. The van der Waals surface area contributed by atoms with Gasteiger partial charge in [0.05, 0.1) is 0 Å². The highest BCUT2D eigenvalue weighted by Gasteiger charge is 2.15. The molecule has 0 radical (unpaired) electrons. The quantitative estimate of drug-likeness (QED) is 0.751. The second-order valence-electron chi connectivity index (χ2n) is 5.03. The molecule has 0 aromatic heterocycles. The van der Waals surface area contributed by atoms with E-state index in [0.29, 0.717) is 10.6 Å². The summed E-state index contributed by atoms with van der Waals surface area (Å²) in [4.78, 5) is 13.5. The van der Waals surface area contributed by atoms with Gasteiger partial charge in [0.25, 0.3) is 0 Å². The molecule has 3 heteroatoms. The first-order valence-electron chi connectivity index (χ1n) is 6.67. The van der Waals surface area contributed by atoms with Crippen LogP contribution in [0.25, 0.3) is 0 Å². The number of benzene rings is 2. The molecule has 0 saturated heterocycles. The number of carbonyl (C=O) groups excluding carboxylic acids is 1. The largest absolute Gasteiger partial charge is 0.364 e. The highest BCUT2D eigenvalue weighted by molar-refractivity contribution is 6.31. The van der Waals surface area contributed by atoms with E-state index >= 15 is 0 Å². The second kappa shape index (κ2) is 6.58. The van der Waals surface area contributed by atoms with Gasteiger partial charge in [-0.1, -0.05) is 41.9 Å². The lowest BCUT2D eigenvalue weighted by atomic mass is 10.1. The van der Waals surface area contributed by atoms with Crippen LogP contribution in [0.3, 0.4) is 0 Å². The van der Waals surface area contributed by atoms with E-state index < -0.39 is 0 Å². The maximum absolute atomic E-state index is 11.3. The van der Waals surface area contributed by atoms with Gasteiger partial charge >= 0.3 is 0 Å². The molecule has 0 fully saturated rings. The van der Waals surface area contributed by atoms with Gasteiger partial charge in [0.15, 0.2) is 6.29 Å². The van der Waals surface area contributed by atoms with E-state index in [2.05, 4.69) is 30.9 Å². The number of hydrogen-bond donors (Lipinski definition) is 0. The molecule has 0 bridgehead atoms. The first-order valence-corrected chi connectivity index (χ1v) is 7.05. The fourth-order valence-corrected chi connectivity index (χ4v) is 2.39. The van der Waals surface area contributed by atoms with Crippen molar-refractivity contribution in [3.8, 4) is 0 Å². The first kappa shape index (κ1) is 14.6. The molecule has 20 heavy (non-hydrogen) atoms. The van der Waals surface area contributed by atoms with Crippen molar-refractivity contribution in [3.63, 3.8) is 0 Å². The van der Waals surface area contributed by atoms with Crippen LogP contribution >= 0.6 is 11.6 Å². The molecule has 0 unspecified atom stereocenters. The number of hydrogen-bond acceptors (Lipinski definition) is 2. The Morgan fingerprint density at radius 2 is 1.85 bits per heavy atom. The third-order valence-corrected chi connectivity index (χ3v) is 3.48. The van der Waals surface area contributed by atoms with Gasteiger partial charge in [0, 0.05) is 28.9 Å². The standard InChI is InChI=1S/C17H18ClNO/c1-13(2)19(11-14-6-4-3-5-7-14)17-9-8-16(18)10-15(17)12-20/h3-10,12-13H,11H2,1-2H3. The molecule has 0 saturated carbocycles. The molecular formula is C17H18ClNO. The van der Waals surface area contributed by atoms with Crippen LogP contribution in [0.4, 0.5) is 5.69 Å². The van der Waals surface area contributed by atoms with Gasteiger partial charge in [0.2, 0.25) is 0 Å². The van der Waals surface area contributed by atoms with Crippen molar-refractivity contribution in [2.24, 2.45) is 0 Å². The molecule has 0 spiro atoms. The fraction of sp³-hybridized carbons (Fsp3) is 0.235. The number of halogens is 1. The van der Waals surface area contributed by atoms with Crippen LogP contribution in [0.15, 0.2) is 48.5 Å². The lowest BCUT2D eigenvalue weighted by Crippen LogP contribution is -2.31. The third kappa shape index (κ3) is 3.40. The minimum absolute atomic E-state index is 0.287. The Morgan fingerprint density at radius 3 is 2.45 bits per heavy atom. The Hall–Kier alpha value is -1.80. The zero-order valence-corrected chi connectivity index (χ0v) is 12.5. The summed E-state index contributed by atoms with van der Waals surface area (Å²) in [6, 6.07) is 16.0. The summed E-state index contributed by atoms with van der Waals surface area (Å²) in [5.41, 5.74) is 2.76. The van der Waals surface area contributed by atoms with Gasteiger partial charge in [0.1, 0.15) is 0 Å². The van der Waals surface area contributed by atoms with E-state index in [1.807, 2.05) is 30.3 Å². The molecule has 2 aromatic carbocycles. The van der Waals surface area contributed by atoms with Crippen molar-refractivity contribution in [2.45, 2.75) is 26.4 Å². The molecule has 0 aliphatic rings. The average Bonchev–Trinajstić information content (AvgIpc) is 2.46. The summed E-state index contributed by atoms with van der Waals surface area (Å²) < 4.78 is 0. The van der Waals surface area contributed by atoms with Crippen molar-refractivity contribution in [1.29, 1.82) is 0 Å². The third-order valence-electron chi connectivity index (χ3n) is 3.25. The molecule has 2 aromatic rings. The molecule has 0 atom stereocenters. The Balaban J connectivity index is 2.36. The Bertz CT molecular complexity index is 581. The van der Waals surface area contributed by atoms with E-state index in [4.69, 9.17) is 11.6 Å². The van der Waals surface area contributed by atoms with Gasteiger partial charge in [-0.15, -0.1) is 0 Å². The highest BCUT2D eigenvalue weighted by atomic mass is 35.5. The van der Waals surface area contributed by atoms with Crippen LogP contribution in [0.5, 0.6) is 0 Å². The van der Waals surface area contributed by atoms with Gasteiger partial charge in [-0.2, -0.15) is 0 Å². The van der Waals surface area contributed by atoms with Crippen molar-refractivity contribution in [1.82, 2.24) is 0 Å². The number of carbonyl (C=O) groups is 1. The molecule has 0 heterocycles. The maximum Gasteiger partial charge on any atom is 0.152 e. The number of nitrogens with zero attached hydrogens (tertiary/aromatic N) is 1. The van der Waals surface area contributed by atoms with Crippen molar-refractivity contribution in [3.05, 3.63) is 64.7 Å². The van der Waals surface area contributed by atoms with E-state index in [-0.39, 0.29) is 6.04 Å². The Labute approximate surface area is 125 Å². The monoisotopic (exact) mass is 287 g/mol. The molecule has 2 nitrogen and oxygen atoms in total. The van der Waals surface area contributed by atoms with E-state index in [9.17, 15) is 4.79 Å². The predicted octanol–water partition coefficient (Wildman–Crippen LogP) is 4.57. The van der Waals surface area contributed by atoms with Crippen LogP contribution in [0.2, 0.25) is 5.02 Å². The van der Waals surface area contributed by atoms with E-state index in [0.717, 1.165) is 18.5 Å². The summed E-state index contributed by atoms with van der Waals surface area (Å²) in [6.07, 6.45) is 0.863. The second-order valence-corrected chi connectivity index (χ2v) is 5.46. The van der Waals surface area contributed by atoms with Crippen LogP contribution in [0, 0.1) is 0 Å². The molecule has 0 amide bonds. The van der Waals surface area contributed by atoms with Gasteiger partial charge < -0.3 is 4.90 Å². The number of rotatable bonds is 5. The Morgan fingerprint density at radius 1 is 1.15 bits per heavy atom. The fourth-order valence-electron chi connectivity index (χ4n) is 2.21. The molecular weight excluding hydrogens is 270 g/mol. The highest BCUT2D eigenvalue weighted by Crippen LogP contribution is 2.26. The zero-order valence-electron chi connectivity index (χ0n) is 11.7. The van der Waals surface area contributed by atoms with Crippen LogP contribution < -0.4 is 4.90 Å². The van der Waals surface area contributed by atoms with E-state index in [1.165, 1.54) is 5.56 Å². The molecule has 104 valence electrons. The maximum atomic E-state index is 11.3. The Kier molecular flexibility index (Phi) is 4.80. The van der Waals surface area contributed by atoms with Gasteiger partial charge in [-0.3, -0.25) is 4.79 Å². The van der Waals surface area contributed by atoms with Crippen LogP contribution in [-0.2, 0) is 6.54 Å². The lowest BCUT2D eigenvalue weighted by Gasteiger charge is -2.30. The SMILES string of the molecule is CC(C)N(Cc1ccccc1)c1ccc(Cl)cc1C=O. The summed E-state index contributed by atoms with van der Waals surface area (Å²) in [7, 11) is 0. The summed E-state index contributed by atoms with van der Waals surface area (Å²) in [6.45, 7) is 5.00. The van der Waals surface area contributed by atoms with Gasteiger partial charge in [-0.25, -0.2) is 0 Å².